The van der Waals surface area contributed by atoms with E-state index < -0.39 is 0 Å². The standard InChI is InChI=1S/C12H8Cl2O2/c13-10-6-8(15)2-3-9(10)7-1-4-12(16)11(14)5-7/h1-6,15-16H. The van der Waals surface area contributed by atoms with Gasteiger partial charge in [0.15, 0.2) is 0 Å². The van der Waals surface area contributed by atoms with Crippen molar-refractivity contribution in [2.24, 2.45) is 0 Å². The number of halogens is 2. The second-order valence-corrected chi connectivity index (χ2v) is 4.14. The summed E-state index contributed by atoms with van der Waals surface area (Å²) in [6, 6.07) is 9.52. The summed E-state index contributed by atoms with van der Waals surface area (Å²) in [4.78, 5) is 0. The first-order valence-electron chi connectivity index (χ1n) is 4.55. The Bertz CT molecular complexity index is 539. The van der Waals surface area contributed by atoms with Gasteiger partial charge in [-0.05, 0) is 35.9 Å². The number of phenols is 2. The predicted octanol–water partition coefficient (Wildman–Crippen LogP) is 4.07. The summed E-state index contributed by atoms with van der Waals surface area (Å²) < 4.78 is 0. The number of aromatic hydroxyl groups is 2. The minimum atomic E-state index is 0.0281. The second-order valence-electron chi connectivity index (χ2n) is 3.33. The highest BCUT2D eigenvalue weighted by Gasteiger charge is 2.06. The molecule has 0 saturated heterocycles. The Morgan fingerprint density at radius 1 is 0.812 bits per heavy atom. The van der Waals surface area contributed by atoms with Crippen molar-refractivity contribution in [2.45, 2.75) is 0 Å². The van der Waals surface area contributed by atoms with Gasteiger partial charge < -0.3 is 10.2 Å². The average molecular weight is 255 g/mol. The van der Waals surface area contributed by atoms with Gasteiger partial charge in [-0.25, -0.2) is 0 Å². The van der Waals surface area contributed by atoms with Gasteiger partial charge in [-0.1, -0.05) is 29.3 Å². The molecule has 0 atom stereocenters. The molecule has 0 amide bonds. The Morgan fingerprint density at radius 3 is 2.19 bits per heavy atom. The highest BCUT2D eigenvalue weighted by molar-refractivity contribution is 6.34. The zero-order valence-electron chi connectivity index (χ0n) is 8.11. The van der Waals surface area contributed by atoms with E-state index in [0.717, 1.165) is 11.1 Å². The van der Waals surface area contributed by atoms with Crippen LogP contribution in [0.3, 0.4) is 0 Å². The Kier molecular flexibility index (Phi) is 2.95. The largest absolute Gasteiger partial charge is 0.508 e. The Balaban J connectivity index is 2.54. The Hall–Kier alpha value is -1.38. The van der Waals surface area contributed by atoms with Gasteiger partial charge in [-0.3, -0.25) is 0 Å². The van der Waals surface area contributed by atoms with Crippen LogP contribution in [0, 0.1) is 0 Å². The molecule has 4 heteroatoms. The van der Waals surface area contributed by atoms with Crippen molar-refractivity contribution in [1.29, 1.82) is 0 Å². The third kappa shape index (κ3) is 2.08. The van der Waals surface area contributed by atoms with Gasteiger partial charge in [0.05, 0.1) is 10.0 Å². The summed E-state index contributed by atoms with van der Waals surface area (Å²) in [5.74, 6) is 0.138. The molecule has 2 nitrogen and oxygen atoms in total. The van der Waals surface area contributed by atoms with Crippen molar-refractivity contribution in [3.8, 4) is 22.6 Å². The maximum Gasteiger partial charge on any atom is 0.134 e. The van der Waals surface area contributed by atoms with Gasteiger partial charge in [0.1, 0.15) is 11.5 Å². The van der Waals surface area contributed by atoms with Gasteiger partial charge in [0, 0.05) is 5.56 Å². The molecule has 2 rings (SSSR count). The number of benzene rings is 2. The molecule has 0 saturated carbocycles. The lowest BCUT2D eigenvalue weighted by Crippen LogP contribution is -1.80. The SMILES string of the molecule is Oc1ccc(-c2ccc(O)c(Cl)c2)c(Cl)c1. The molecule has 0 heterocycles. The average Bonchev–Trinajstić information content (AvgIpc) is 2.22. The lowest BCUT2D eigenvalue weighted by molar-refractivity contribution is 0.474. The minimum Gasteiger partial charge on any atom is -0.508 e. The molecule has 0 aromatic heterocycles. The van der Waals surface area contributed by atoms with Crippen LogP contribution in [-0.4, -0.2) is 10.2 Å². The molecule has 0 fully saturated rings. The Morgan fingerprint density at radius 2 is 1.56 bits per heavy atom. The molecule has 0 radical (unpaired) electrons. The fourth-order valence-corrected chi connectivity index (χ4v) is 1.88. The summed E-state index contributed by atoms with van der Waals surface area (Å²) in [5, 5.41) is 19.2. The van der Waals surface area contributed by atoms with Crippen LogP contribution in [-0.2, 0) is 0 Å². The zero-order chi connectivity index (χ0) is 11.7. The van der Waals surface area contributed by atoms with E-state index in [4.69, 9.17) is 23.2 Å². The molecule has 82 valence electrons. The van der Waals surface area contributed by atoms with E-state index in [1.54, 1.807) is 24.3 Å². The first kappa shape index (κ1) is 11.1. The smallest absolute Gasteiger partial charge is 0.134 e. The van der Waals surface area contributed by atoms with Crippen LogP contribution in [0.1, 0.15) is 0 Å². The first-order valence-corrected chi connectivity index (χ1v) is 5.31. The number of hydrogen-bond donors (Lipinski definition) is 2. The molecule has 0 unspecified atom stereocenters. The summed E-state index contributed by atoms with van der Waals surface area (Å²) >= 11 is 11.8. The molecule has 0 aliphatic carbocycles. The van der Waals surface area contributed by atoms with Crippen LogP contribution in [0.5, 0.6) is 11.5 Å². The van der Waals surface area contributed by atoms with Crippen molar-refractivity contribution in [1.82, 2.24) is 0 Å². The number of hydrogen-bond acceptors (Lipinski definition) is 2. The monoisotopic (exact) mass is 254 g/mol. The van der Waals surface area contributed by atoms with Crippen molar-refractivity contribution >= 4 is 23.2 Å². The predicted molar refractivity (Wildman–Crippen MR) is 65.2 cm³/mol. The Labute approximate surface area is 103 Å². The zero-order valence-corrected chi connectivity index (χ0v) is 9.63. The highest BCUT2D eigenvalue weighted by Crippen LogP contribution is 2.34. The van der Waals surface area contributed by atoms with E-state index in [1.165, 1.54) is 12.1 Å². The maximum absolute atomic E-state index is 9.30. The molecule has 0 aliphatic heterocycles. The lowest BCUT2D eigenvalue weighted by Gasteiger charge is -2.06. The van der Waals surface area contributed by atoms with Gasteiger partial charge in [0.25, 0.3) is 0 Å². The molecule has 2 aromatic rings. The fraction of sp³-hybridized carbons (Fsp3) is 0. The summed E-state index contributed by atoms with van der Waals surface area (Å²) in [6.45, 7) is 0. The van der Waals surface area contributed by atoms with Crippen molar-refractivity contribution < 1.29 is 10.2 Å². The van der Waals surface area contributed by atoms with Gasteiger partial charge >= 0.3 is 0 Å². The fourth-order valence-electron chi connectivity index (χ4n) is 1.41. The lowest BCUT2D eigenvalue weighted by atomic mass is 10.1. The molecule has 2 aromatic carbocycles. The van der Waals surface area contributed by atoms with Gasteiger partial charge in [-0.15, -0.1) is 0 Å². The summed E-state index contributed by atoms with van der Waals surface area (Å²) in [6.07, 6.45) is 0. The minimum absolute atomic E-state index is 0.0281. The van der Waals surface area contributed by atoms with Crippen molar-refractivity contribution in [3.05, 3.63) is 46.4 Å². The van der Waals surface area contributed by atoms with E-state index in [0.29, 0.717) is 5.02 Å². The summed E-state index contributed by atoms with van der Waals surface area (Å²) in [7, 11) is 0. The van der Waals surface area contributed by atoms with Crippen LogP contribution in [0.15, 0.2) is 36.4 Å². The highest BCUT2D eigenvalue weighted by atomic mass is 35.5. The van der Waals surface area contributed by atoms with Crippen molar-refractivity contribution in [3.63, 3.8) is 0 Å². The quantitative estimate of drug-likeness (QED) is 0.806. The first-order chi connectivity index (χ1) is 7.58. The van der Waals surface area contributed by atoms with Gasteiger partial charge in [0.2, 0.25) is 0 Å². The molecule has 2 N–H and O–H groups in total. The molecule has 0 aliphatic rings. The van der Waals surface area contributed by atoms with E-state index in [2.05, 4.69) is 0 Å². The topological polar surface area (TPSA) is 40.5 Å². The van der Waals surface area contributed by atoms with Crippen LogP contribution < -0.4 is 0 Å². The third-order valence-corrected chi connectivity index (χ3v) is 2.83. The normalized spacial score (nSPS) is 10.4. The number of rotatable bonds is 1. The van der Waals surface area contributed by atoms with Crippen LogP contribution in [0.2, 0.25) is 10.0 Å². The second kappa shape index (κ2) is 4.24. The summed E-state index contributed by atoms with van der Waals surface area (Å²) in [5.41, 5.74) is 1.54. The van der Waals surface area contributed by atoms with Gasteiger partial charge in [-0.2, -0.15) is 0 Å². The third-order valence-electron chi connectivity index (χ3n) is 2.21. The molecule has 0 spiro atoms. The van der Waals surface area contributed by atoms with E-state index >= 15 is 0 Å². The molecular formula is C12H8Cl2O2. The number of phenolic OH excluding ortho intramolecular Hbond substituents is 2. The van der Waals surface area contributed by atoms with Crippen molar-refractivity contribution in [2.75, 3.05) is 0 Å². The molecular weight excluding hydrogens is 247 g/mol. The van der Waals surface area contributed by atoms with Crippen LogP contribution >= 0.6 is 23.2 Å². The van der Waals surface area contributed by atoms with Crippen LogP contribution in [0.4, 0.5) is 0 Å². The molecule has 16 heavy (non-hydrogen) atoms. The molecule has 0 bridgehead atoms. The van der Waals surface area contributed by atoms with E-state index in [-0.39, 0.29) is 16.5 Å². The van der Waals surface area contributed by atoms with E-state index in [9.17, 15) is 10.2 Å². The van der Waals surface area contributed by atoms with E-state index in [1.807, 2.05) is 0 Å². The maximum atomic E-state index is 9.30. The van der Waals surface area contributed by atoms with Crippen LogP contribution in [0.25, 0.3) is 11.1 Å².